The van der Waals surface area contributed by atoms with Gasteiger partial charge in [0, 0.05) is 11.3 Å². The molecule has 3 rings (SSSR count). The molecule has 0 saturated carbocycles. The minimum atomic E-state index is -0.695. The maximum atomic E-state index is 13.9. The predicted octanol–water partition coefficient (Wildman–Crippen LogP) is 5.05. The first-order chi connectivity index (χ1) is 12.0. The topological polar surface area (TPSA) is 58.2 Å². The Bertz CT molecular complexity index is 929. The van der Waals surface area contributed by atoms with Gasteiger partial charge in [-0.2, -0.15) is 0 Å². The number of amides is 2. The molecule has 0 bridgehead atoms. The van der Waals surface area contributed by atoms with Crippen LogP contribution in [0.2, 0.25) is 5.02 Å². The minimum absolute atomic E-state index is 0.00877. The first-order valence-electron chi connectivity index (χ1n) is 7.25. The third-order valence-electron chi connectivity index (χ3n) is 3.33. The first-order valence-corrected chi connectivity index (χ1v) is 8.50. The van der Waals surface area contributed by atoms with Crippen molar-refractivity contribution in [2.75, 3.05) is 10.6 Å². The van der Waals surface area contributed by atoms with Crippen LogP contribution in [-0.2, 0) is 0 Å². The molecule has 0 aliphatic rings. The third kappa shape index (κ3) is 4.04. The van der Waals surface area contributed by atoms with E-state index >= 15 is 0 Å². The van der Waals surface area contributed by atoms with Gasteiger partial charge in [0.15, 0.2) is 5.82 Å². The Labute approximate surface area is 152 Å². The van der Waals surface area contributed by atoms with E-state index in [0.29, 0.717) is 10.6 Å². The Balaban J connectivity index is 1.75. The molecular formula is C18H12ClFN2O2S. The molecule has 0 aliphatic carbocycles. The molecule has 2 aromatic carbocycles. The molecule has 4 nitrogen and oxygen atoms in total. The van der Waals surface area contributed by atoms with Crippen molar-refractivity contribution in [3.05, 3.63) is 81.3 Å². The van der Waals surface area contributed by atoms with Crippen molar-refractivity contribution in [2.45, 2.75) is 0 Å². The summed E-state index contributed by atoms with van der Waals surface area (Å²) < 4.78 is 13.9. The fourth-order valence-corrected chi connectivity index (χ4v) is 2.93. The quantitative estimate of drug-likeness (QED) is 0.671. The summed E-state index contributed by atoms with van der Waals surface area (Å²) in [6.45, 7) is 0. The van der Waals surface area contributed by atoms with Gasteiger partial charge in [0.1, 0.15) is 0 Å². The Kier molecular flexibility index (Phi) is 5.11. The number of benzene rings is 2. The number of hydrogen-bond donors (Lipinski definition) is 2. The van der Waals surface area contributed by atoms with E-state index in [1.807, 2.05) is 0 Å². The van der Waals surface area contributed by atoms with Crippen LogP contribution in [0.5, 0.6) is 0 Å². The minimum Gasteiger partial charge on any atom is -0.321 e. The number of carbonyl (C=O) groups excluding carboxylic acids is 2. The number of carbonyl (C=O) groups is 2. The Hall–Kier alpha value is -2.70. The summed E-state index contributed by atoms with van der Waals surface area (Å²) in [5, 5.41) is 6.92. The van der Waals surface area contributed by atoms with E-state index in [4.69, 9.17) is 11.6 Å². The molecule has 0 unspecified atom stereocenters. The van der Waals surface area contributed by atoms with Crippen molar-refractivity contribution < 1.29 is 14.0 Å². The van der Waals surface area contributed by atoms with Crippen molar-refractivity contribution >= 4 is 46.1 Å². The number of anilines is 2. The summed E-state index contributed by atoms with van der Waals surface area (Å²) in [5.41, 5.74) is 0.742. The zero-order chi connectivity index (χ0) is 17.8. The number of thiophene rings is 1. The second kappa shape index (κ2) is 7.46. The van der Waals surface area contributed by atoms with Gasteiger partial charge < -0.3 is 10.6 Å². The summed E-state index contributed by atoms with van der Waals surface area (Å²) >= 11 is 7.02. The summed E-state index contributed by atoms with van der Waals surface area (Å²) in [7, 11) is 0. The van der Waals surface area contributed by atoms with Gasteiger partial charge in [-0.15, -0.1) is 11.3 Å². The fraction of sp³-hybridized carbons (Fsp3) is 0. The van der Waals surface area contributed by atoms with Gasteiger partial charge in [-0.1, -0.05) is 29.8 Å². The molecule has 2 amide bonds. The van der Waals surface area contributed by atoms with E-state index < -0.39 is 11.7 Å². The van der Waals surface area contributed by atoms with E-state index in [1.54, 1.807) is 41.8 Å². The molecule has 7 heteroatoms. The van der Waals surface area contributed by atoms with Crippen LogP contribution >= 0.6 is 22.9 Å². The lowest BCUT2D eigenvalue weighted by Gasteiger charge is -2.09. The van der Waals surface area contributed by atoms with Crippen molar-refractivity contribution in [2.24, 2.45) is 0 Å². The van der Waals surface area contributed by atoms with Crippen LogP contribution in [0.15, 0.2) is 60.0 Å². The molecule has 0 saturated heterocycles. The van der Waals surface area contributed by atoms with Gasteiger partial charge >= 0.3 is 0 Å². The lowest BCUT2D eigenvalue weighted by atomic mass is 10.1. The molecule has 1 heterocycles. The van der Waals surface area contributed by atoms with Crippen LogP contribution in [0.4, 0.5) is 15.8 Å². The van der Waals surface area contributed by atoms with E-state index in [2.05, 4.69) is 10.6 Å². The largest absolute Gasteiger partial charge is 0.321 e. The predicted molar refractivity (Wildman–Crippen MR) is 98.1 cm³/mol. The van der Waals surface area contributed by atoms with E-state index in [0.717, 1.165) is 0 Å². The van der Waals surface area contributed by atoms with E-state index in [1.165, 1.54) is 29.5 Å². The lowest BCUT2D eigenvalue weighted by Crippen LogP contribution is -2.14. The highest BCUT2D eigenvalue weighted by Gasteiger charge is 2.13. The number of hydrogen-bond acceptors (Lipinski definition) is 3. The van der Waals surface area contributed by atoms with E-state index in [9.17, 15) is 14.0 Å². The Morgan fingerprint density at radius 1 is 0.960 bits per heavy atom. The lowest BCUT2D eigenvalue weighted by molar-refractivity contribution is 0.101. The first kappa shape index (κ1) is 17.1. The van der Waals surface area contributed by atoms with Crippen LogP contribution in [0, 0.1) is 5.82 Å². The summed E-state index contributed by atoms with van der Waals surface area (Å²) in [5.74, 6) is -1.46. The Morgan fingerprint density at radius 3 is 2.52 bits per heavy atom. The van der Waals surface area contributed by atoms with Gasteiger partial charge in [-0.3, -0.25) is 9.59 Å². The van der Waals surface area contributed by atoms with Crippen molar-refractivity contribution in [3.8, 4) is 0 Å². The fourth-order valence-electron chi connectivity index (χ4n) is 2.13. The molecule has 2 N–H and O–H groups in total. The average molecular weight is 375 g/mol. The van der Waals surface area contributed by atoms with E-state index in [-0.39, 0.29) is 22.2 Å². The van der Waals surface area contributed by atoms with Gasteiger partial charge in [-0.05, 0) is 41.8 Å². The molecule has 0 spiro atoms. The van der Waals surface area contributed by atoms with Crippen LogP contribution in [-0.4, -0.2) is 11.8 Å². The van der Waals surface area contributed by atoms with Gasteiger partial charge in [0.2, 0.25) is 0 Å². The molecule has 25 heavy (non-hydrogen) atoms. The zero-order valence-electron chi connectivity index (χ0n) is 12.8. The molecule has 126 valence electrons. The standard InChI is InChI=1S/C18H12ClFN2O2S/c19-13-6-2-7-14(16(13)20)22-17(23)11-4-1-5-12(10-11)21-18(24)15-8-3-9-25-15/h1-10H,(H,21,24)(H,22,23). The molecule has 0 aliphatic heterocycles. The maximum Gasteiger partial charge on any atom is 0.265 e. The molecular weight excluding hydrogens is 363 g/mol. The number of nitrogens with one attached hydrogen (secondary N) is 2. The second-order valence-corrected chi connectivity index (χ2v) is 6.42. The molecule has 1 aromatic heterocycles. The summed E-state index contributed by atoms with van der Waals surface area (Å²) in [6, 6.07) is 14.2. The highest BCUT2D eigenvalue weighted by atomic mass is 35.5. The summed E-state index contributed by atoms with van der Waals surface area (Å²) in [4.78, 5) is 24.9. The second-order valence-electron chi connectivity index (χ2n) is 5.07. The SMILES string of the molecule is O=C(Nc1cccc(Cl)c1F)c1cccc(NC(=O)c2cccs2)c1. The van der Waals surface area contributed by atoms with Crippen LogP contribution in [0.3, 0.4) is 0 Å². The monoisotopic (exact) mass is 374 g/mol. The number of halogens is 2. The van der Waals surface area contributed by atoms with Crippen molar-refractivity contribution in [1.82, 2.24) is 0 Å². The Morgan fingerprint density at radius 2 is 1.76 bits per heavy atom. The average Bonchev–Trinajstić information content (AvgIpc) is 3.14. The molecule has 0 fully saturated rings. The highest BCUT2D eigenvalue weighted by molar-refractivity contribution is 7.12. The summed E-state index contributed by atoms with van der Waals surface area (Å²) in [6.07, 6.45) is 0. The molecule has 0 atom stereocenters. The van der Waals surface area contributed by atoms with Crippen LogP contribution < -0.4 is 10.6 Å². The van der Waals surface area contributed by atoms with Gasteiger partial charge in [0.05, 0.1) is 15.6 Å². The van der Waals surface area contributed by atoms with Crippen LogP contribution in [0.25, 0.3) is 0 Å². The highest BCUT2D eigenvalue weighted by Crippen LogP contribution is 2.23. The zero-order valence-corrected chi connectivity index (χ0v) is 14.3. The maximum absolute atomic E-state index is 13.9. The number of rotatable bonds is 4. The smallest absolute Gasteiger partial charge is 0.265 e. The third-order valence-corrected chi connectivity index (χ3v) is 4.49. The normalized spacial score (nSPS) is 10.3. The van der Waals surface area contributed by atoms with Gasteiger partial charge in [-0.25, -0.2) is 4.39 Å². The van der Waals surface area contributed by atoms with Crippen molar-refractivity contribution in [3.63, 3.8) is 0 Å². The van der Waals surface area contributed by atoms with Crippen molar-refractivity contribution in [1.29, 1.82) is 0 Å². The molecule has 3 aromatic rings. The van der Waals surface area contributed by atoms with Gasteiger partial charge in [0.25, 0.3) is 11.8 Å². The van der Waals surface area contributed by atoms with Crippen LogP contribution in [0.1, 0.15) is 20.0 Å². The molecule has 0 radical (unpaired) electrons.